The normalized spacial score (nSPS) is 14.1. The fourth-order valence-electron chi connectivity index (χ4n) is 0.220. The summed E-state index contributed by atoms with van der Waals surface area (Å²) < 4.78 is 23.6. The third kappa shape index (κ3) is 4.51. The van der Waals surface area contributed by atoms with E-state index in [2.05, 4.69) is 0 Å². The summed E-state index contributed by atoms with van der Waals surface area (Å²) in [6, 6.07) is 0. The van der Waals surface area contributed by atoms with Crippen LogP contribution < -0.4 is 0 Å². The maximum atomic E-state index is 11.9. The maximum absolute atomic E-state index is 11.9. The van der Waals surface area contributed by atoms with Crippen molar-refractivity contribution in [3.63, 3.8) is 0 Å². The summed E-state index contributed by atoms with van der Waals surface area (Å²) in [6.45, 7) is -0.518. The van der Waals surface area contributed by atoms with Crippen LogP contribution in [0.5, 0.6) is 0 Å². The van der Waals surface area contributed by atoms with E-state index in [1.807, 2.05) is 0 Å². The molecule has 0 aromatic carbocycles. The zero-order valence-corrected chi connectivity index (χ0v) is 6.81. The van der Waals surface area contributed by atoms with E-state index < -0.39 is 12.8 Å². The molecule has 0 bridgehead atoms. The molecule has 7 heavy (non-hydrogen) atoms. The minimum atomic E-state index is -0.886. The zero-order chi connectivity index (χ0) is 5.70. The van der Waals surface area contributed by atoms with Gasteiger partial charge in [-0.15, -0.1) is 0 Å². The Morgan fingerprint density at radius 2 is 2.14 bits per heavy atom. The molecule has 0 saturated heterocycles. The first-order valence-electron chi connectivity index (χ1n) is 2.16. The van der Waals surface area contributed by atoms with Crippen LogP contribution in [0.4, 0.5) is 8.78 Å². The van der Waals surface area contributed by atoms with Gasteiger partial charge in [-0.2, -0.15) is 0 Å². The van der Waals surface area contributed by atoms with Crippen molar-refractivity contribution in [2.45, 2.75) is 17.0 Å². The zero-order valence-electron chi connectivity index (χ0n) is 3.95. The minimum absolute atomic E-state index is 0.0885. The van der Waals surface area contributed by atoms with Crippen LogP contribution in [0.1, 0.15) is 6.42 Å². The van der Waals surface area contributed by atoms with Crippen LogP contribution in [0.3, 0.4) is 0 Å². The fourth-order valence-corrected chi connectivity index (χ4v) is 0.803. The summed E-state index contributed by atoms with van der Waals surface area (Å²) in [4.78, 5) is 0. The number of rotatable bonds is 3. The molecule has 0 aliphatic heterocycles. The summed E-state index contributed by atoms with van der Waals surface area (Å²) >= 11 is 1.15. The van der Waals surface area contributed by atoms with Gasteiger partial charge in [-0.1, -0.05) is 0 Å². The van der Waals surface area contributed by atoms with E-state index >= 15 is 0 Å². The van der Waals surface area contributed by atoms with Gasteiger partial charge in [-0.05, 0) is 0 Å². The summed E-state index contributed by atoms with van der Waals surface area (Å²) in [5.74, 6) is 0. The molecule has 0 N–H and O–H groups in total. The molecule has 3 heteroatoms. The molecule has 41 valence electrons. The number of halogens is 2. The predicted octanol–water partition coefficient (Wildman–Crippen LogP) is 1.27. The van der Waals surface area contributed by atoms with Gasteiger partial charge in [0.25, 0.3) is 0 Å². The fraction of sp³-hybridized carbons (Fsp3) is 1.00. The third-order valence-corrected chi connectivity index (χ3v) is 1.91. The average molecular weight is 212 g/mol. The van der Waals surface area contributed by atoms with Gasteiger partial charge in [0.05, 0.1) is 0 Å². The monoisotopic (exact) mass is 213 g/mol. The molecule has 3 radical (unpaired) electrons. The summed E-state index contributed by atoms with van der Waals surface area (Å²) in [6.07, 6.45) is -0.797. The Labute approximate surface area is 55.4 Å². The molecule has 0 rings (SSSR count). The molecule has 1 unspecified atom stereocenters. The van der Waals surface area contributed by atoms with Crippen LogP contribution in [0.2, 0.25) is 4.44 Å². The van der Waals surface area contributed by atoms with Crippen LogP contribution in [0, 0.1) is 0 Å². The molecule has 0 fully saturated rings. The van der Waals surface area contributed by atoms with Crippen LogP contribution in [0.25, 0.3) is 0 Å². The second kappa shape index (κ2) is 4.81. The Morgan fingerprint density at radius 1 is 1.57 bits per heavy atom. The first-order valence-corrected chi connectivity index (χ1v) is 4.17. The Hall–Kier alpha value is 0.659. The Bertz CT molecular complexity index is 40.7. The summed E-state index contributed by atoms with van der Waals surface area (Å²) in [5.41, 5.74) is 0. The van der Waals surface area contributed by atoms with E-state index in [0.29, 0.717) is 4.44 Å². The Morgan fingerprint density at radius 3 is 2.29 bits per heavy atom. The second-order valence-electron chi connectivity index (χ2n) is 1.28. The van der Waals surface area contributed by atoms with Crippen LogP contribution in [-0.2, 0) is 0 Å². The first-order chi connectivity index (χ1) is 3.31. The van der Waals surface area contributed by atoms with Gasteiger partial charge < -0.3 is 0 Å². The second-order valence-corrected chi connectivity index (χ2v) is 2.44. The number of hydrogen-bond donors (Lipinski definition) is 0. The summed E-state index contributed by atoms with van der Waals surface area (Å²) in [7, 11) is 0. The van der Waals surface area contributed by atoms with Crippen molar-refractivity contribution in [1.82, 2.24) is 0 Å². The van der Waals surface area contributed by atoms with Crippen molar-refractivity contribution < 1.29 is 8.78 Å². The SMILES string of the molecule is FCCC(F)[CH2][Sn]. The van der Waals surface area contributed by atoms with Gasteiger partial charge >= 0.3 is 55.0 Å². The molecule has 0 nitrogen and oxygen atoms in total. The van der Waals surface area contributed by atoms with Gasteiger partial charge in [0.1, 0.15) is 0 Å². The molecule has 0 aromatic heterocycles. The van der Waals surface area contributed by atoms with E-state index in [4.69, 9.17) is 0 Å². The van der Waals surface area contributed by atoms with Gasteiger partial charge in [0, 0.05) is 0 Å². The van der Waals surface area contributed by atoms with Gasteiger partial charge in [0.2, 0.25) is 0 Å². The molecule has 1 atom stereocenters. The van der Waals surface area contributed by atoms with Crippen LogP contribution >= 0.6 is 0 Å². The van der Waals surface area contributed by atoms with Crippen LogP contribution in [0.15, 0.2) is 0 Å². The molecule has 0 aliphatic carbocycles. The Balaban J connectivity index is 2.83. The van der Waals surface area contributed by atoms with Crippen molar-refractivity contribution in [3.05, 3.63) is 0 Å². The van der Waals surface area contributed by atoms with Crippen molar-refractivity contribution in [2.75, 3.05) is 6.67 Å². The topological polar surface area (TPSA) is 0 Å². The molecule has 0 heterocycles. The van der Waals surface area contributed by atoms with Crippen molar-refractivity contribution in [3.8, 4) is 0 Å². The predicted molar refractivity (Wildman–Crippen MR) is 26.0 cm³/mol. The molecule has 0 aliphatic rings. The van der Waals surface area contributed by atoms with E-state index in [-0.39, 0.29) is 6.42 Å². The van der Waals surface area contributed by atoms with E-state index in [1.54, 1.807) is 0 Å². The number of alkyl halides is 2. The molecule has 0 amide bonds. The quantitative estimate of drug-likeness (QED) is 0.617. The van der Waals surface area contributed by atoms with Gasteiger partial charge in [-0.3, -0.25) is 0 Å². The Kier molecular flexibility index (Phi) is 5.26. The van der Waals surface area contributed by atoms with E-state index in [1.165, 1.54) is 0 Å². The van der Waals surface area contributed by atoms with Gasteiger partial charge in [-0.25, -0.2) is 0 Å². The molecular formula is C4H7F2Sn. The van der Waals surface area contributed by atoms with Crippen molar-refractivity contribution >= 4 is 22.5 Å². The average Bonchev–Trinajstić information content (AvgIpc) is 1.68. The summed E-state index contributed by atoms with van der Waals surface area (Å²) in [5, 5.41) is 0. The molecule has 0 spiro atoms. The third-order valence-electron chi connectivity index (χ3n) is 0.644. The van der Waals surface area contributed by atoms with E-state index in [9.17, 15) is 8.78 Å². The molecule has 0 saturated carbocycles. The number of hydrogen-bond acceptors (Lipinski definition) is 0. The van der Waals surface area contributed by atoms with E-state index in [0.717, 1.165) is 22.5 Å². The van der Waals surface area contributed by atoms with Crippen molar-refractivity contribution in [2.24, 2.45) is 0 Å². The van der Waals surface area contributed by atoms with Gasteiger partial charge in [0.15, 0.2) is 0 Å². The van der Waals surface area contributed by atoms with Crippen molar-refractivity contribution in [1.29, 1.82) is 0 Å². The molecule has 0 aromatic rings. The van der Waals surface area contributed by atoms with Crippen LogP contribution in [-0.4, -0.2) is 35.4 Å². The first kappa shape index (κ1) is 7.66. The standard InChI is InChI=1S/C4H7F2.Sn/c1-4(6)2-3-5;/h4H,1-3H2;. The molecular weight excluding hydrogens is 205 g/mol.